The highest BCUT2D eigenvalue weighted by Gasteiger charge is 2.41. The standard InChI is InChI=1S/C18H16F3N3O2S/c19-18(20,21)14-5-1-4-8-17(14)27(25,26)23-10-9-13(11-23)24-12-22-15-6-2-3-7-16(15)24/h1-8,12-13H,9-11H2. The molecule has 1 aliphatic heterocycles. The average molecular weight is 395 g/mol. The summed E-state index contributed by atoms with van der Waals surface area (Å²) in [4.78, 5) is 3.60. The second kappa shape index (κ2) is 6.35. The van der Waals surface area contributed by atoms with Crippen molar-refractivity contribution in [3.8, 4) is 0 Å². The van der Waals surface area contributed by atoms with Gasteiger partial charge in [-0.15, -0.1) is 0 Å². The summed E-state index contributed by atoms with van der Waals surface area (Å²) in [5, 5.41) is 0. The van der Waals surface area contributed by atoms with E-state index >= 15 is 0 Å². The van der Waals surface area contributed by atoms with Crippen LogP contribution in [-0.2, 0) is 16.2 Å². The van der Waals surface area contributed by atoms with Gasteiger partial charge in [-0.3, -0.25) is 0 Å². The normalized spacial score (nSPS) is 19.0. The van der Waals surface area contributed by atoms with Crippen LogP contribution < -0.4 is 0 Å². The molecule has 3 aromatic rings. The van der Waals surface area contributed by atoms with Crippen molar-refractivity contribution in [1.29, 1.82) is 0 Å². The minimum atomic E-state index is -4.73. The number of nitrogens with zero attached hydrogens (tertiary/aromatic N) is 3. The van der Waals surface area contributed by atoms with Crippen LogP contribution >= 0.6 is 0 Å². The second-order valence-electron chi connectivity index (χ2n) is 6.44. The number of imidazole rings is 1. The maximum absolute atomic E-state index is 13.2. The molecule has 5 nitrogen and oxygen atoms in total. The number of para-hydroxylation sites is 2. The summed E-state index contributed by atoms with van der Waals surface area (Å²) in [6.07, 6.45) is -2.58. The zero-order valence-corrected chi connectivity index (χ0v) is 14.9. The largest absolute Gasteiger partial charge is 0.417 e. The molecule has 1 aliphatic rings. The van der Waals surface area contributed by atoms with Gasteiger partial charge in [0.05, 0.1) is 33.9 Å². The van der Waals surface area contributed by atoms with Crippen molar-refractivity contribution < 1.29 is 21.6 Å². The molecular weight excluding hydrogens is 379 g/mol. The lowest BCUT2D eigenvalue weighted by Gasteiger charge is -2.20. The first-order chi connectivity index (χ1) is 12.8. The summed E-state index contributed by atoms with van der Waals surface area (Å²) in [5.41, 5.74) is 0.528. The summed E-state index contributed by atoms with van der Waals surface area (Å²) in [6.45, 7) is 0.264. The maximum Gasteiger partial charge on any atom is 0.417 e. The predicted molar refractivity (Wildman–Crippen MR) is 93.6 cm³/mol. The number of aromatic nitrogens is 2. The van der Waals surface area contributed by atoms with Gasteiger partial charge in [0.25, 0.3) is 0 Å². The third-order valence-electron chi connectivity index (χ3n) is 4.81. The highest BCUT2D eigenvalue weighted by Crippen LogP contribution is 2.37. The van der Waals surface area contributed by atoms with Crippen LogP contribution in [0.1, 0.15) is 18.0 Å². The van der Waals surface area contributed by atoms with Gasteiger partial charge in [0, 0.05) is 13.1 Å². The highest BCUT2D eigenvalue weighted by atomic mass is 32.2. The van der Waals surface area contributed by atoms with Crippen molar-refractivity contribution in [3.05, 3.63) is 60.4 Å². The number of fused-ring (bicyclic) bond motifs is 1. The van der Waals surface area contributed by atoms with E-state index in [2.05, 4.69) is 4.98 Å². The van der Waals surface area contributed by atoms with Gasteiger partial charge in [0.1, 0.15) is 0 Å². The number of alkyl halides is 3. The molecule has 1 fully saturated rings. The highest BCUT2D eigenvalue weighted by molar-refractivity contribution is 7.89. The Labute approximate surface area is 154 Å². The van der Waals surface area contributed by atoms with E-state index in [-0.39, 0.29) is 19.1 Å². The molecule has 2 aromatic carbocycles. The van der Waals surface area contributed by atoms with Gasteiger partial charge >= 0.3 is 6.18 Å². The van der Waals surface area contributed by atoms with Crippen LogP contribution in [0.5, 0.6) is 0 Å². The second-order valence-corrected chi connectivity index (χ2v) is 8.35. The summed E-state index contributed by atoms with van der Waals surface area (Å²) in [6, 6.07) is 11.6. The monoisotopic (exact) mass is 395 g/mol. The van der Waals surface area contributed by atoms with Crippen molar-refractivity contribution in [3.63, 3.8) is 0 Å². The fourth-order valence-corrected chi connectivity index (χ4v) is 5.19. The molecule has 0 N–H and O–H groups in total. The van der Waals surface area contributed by atoms with Crippen molar-refractivity contribution in [2.75, 3.05) is 13.1 Å². The lowest BCUT2D eigenvalue weighted by Crippen LogP contribution is -2.31. The van der Waals surface area contributed by atoms with Crippen LogP contribution in [-0.4, -0.2) is 35.4 Å². The number of benzene rings is 2. The topological polar surface area (TPSA) is 55.2 Å². The average Bonchev–Trinajstić information content (AvgIpc) is 3.28. The molecule has 0 radical (unpaired) electrons. The van der Waals surface area contributed by atoms with Crippen molar-refractivity contribution >= 4 is 21.1 Å². The van der Waals surface area contributed by atoms with E-state index in [1.165, 1.54) is 12.1 Å². The smallest absolute Gasteiger partial charge is 0.326 e. The Morgan fingerprint density at radius 2 is 1.74 bits per heavy atom. The molecule has 0 saturated carbocycles. The molecule has 1 saturated heterocycles. The van der Waals surface area contributed by atoms with Crippen LogP contribution in [0.2, 0.25) is 0 Å². The molecule has 2 heterocycles. The quantitative estimate of drug-likeness (QED) is 0.680. The van der Waals surface area contributed by atoms with Crippen LogP contribution in [0.3, 0.4) is 0 Å². The molecule has 0 spiro atoms. The molecular formula is C18H16F3N3O2S. The van der Waals surface area contributed by atoms with Crippen molar-refractivity contribution in [2.45, 2.75) is 23.5 Å². The van der Waals surface area contributed by atoms with Gasteiger partial charge in [0.15, 0.2) is 0 Å². The van der Waals surface area contributed by atoms with Crippen molar-refractivity contribution in [2.24, 2.45) is 0 Å². The Bertz CT molecular complexity index is 1090. The molecule has 0 bridgehead atoms. The first-order valence-electron chi connectivity index (χ1n) is 8.36. The van der Waals surface area contributed by atoms with E-state index in [1.807, 2.05) is 28.8 Å². The van der Waals surface area contributed by atoms with Crippen molar-refractivity contribution in [1.82, 2.24) is 13.9 Å². The summed E-state index contributed by atoms with van der Waals surface area (Å²) >= 11 is 0. The van der Waals surface area contributed by atoms with Crippen LogP contribution in [0, 0.1) is 0 Å². The van der Waals surface area contributed by atoms with Gasteiger partial charge in [-0.05, 0) is 30.7 Å². The number of hydrogen-bond donors (Lipinski definition) is 0. The Hall–Kier alpha value is -2.39. The summed E-state index contributed by atoms with van der Waals surface area (Å²) in [5.74, 6) is 0. The minimum Gasteiger partial charge on any atom is -0.326 e. The first-order valence-corrected chi connectivity index (χ1v) is 9.80. The van der Waals surface area contributed by atoms with E-state index in [0.29, 0.717) is 6.42 Å². The number of hydrogen-bond acceptors (Lipinski definition) is 3. The summed E-state index contributed by atoms with van der Waals surface area (Å²) < 4.78 is 68.5. The van der Waals surface area contributed by atoms with Gasteiger partial charge < -0.3 is 4.57 Å². The van der Waals surface area contributed by atoms with Crippen LogP contribution in [0.25, 0.3) is 11.0 Å². The fraction of sp³-hybridized carbons (Fsp3) is 0.278. The van der Waals surface area contributed by atoms with Crippen LogP contribution in [0.15, 0.2) is 59.8 Å². The van der Waals surface area contributed by atoms with Gasteiger partial charge in [-0.25, -0.2) is 13.4 Å². The van der Waals surface area contributed by atoms with E-state index < -0.39 is 26.7 Å². The van der Waals surface area contributed by atoms with Gasteiger partial charge in [-0.1, -0.05) is 24.3 Å². The number of halogens is 3. The van der Waals surface area contributed by atoms with E-state index in [0.717, 1.165) is 27.5 Å². The number of rotatable bonds is 3. The first kappa shape index (κ1) is 18.0. The fourth-order valence-electron chi connectivity index (χ4n) is 3.49. The molecule has 0 aliphatic carbocycles. The molecule has 9 heteroatoms. The summed E-state index contributed by atoms with van der Waals surface area (Å²) in [7, 11) is -4.25. The number of sulfonamides is 1. The van der Waals surface area contributed by atoms with Crippen LogP contribution in [0.4, 0.5) is 13.2 Å². The Balaban J connectivity index is 1.66. The predicted octanol–water partition coefficient (Wildman–Crippen LogP) is 3.69. The third-order valence-corrected chi connectivity index (χ3v) is 6.73. The lowest BCUT2D eigenvalue weighted by atomic mass is 10.2. The Morgan fingerprint density at radius 1 is 1.04 bits per heavy atom. The molecule has 4 rings (SSSR count). The molecule has 1 atom stereocenters. The third kappa shape index (κ3) is 3.10. The van der Waals surface area contributed by atoms with Gasteiger partial charge in [-0.2, -0.15) is 17.5 Å². The molecule has 142 valence electrons. The molecule has 1 aromatic heterocycles. The zero-order valence-electron chi connectivity index (χ0n) is 14.1. The maximum atomic E-state index is 13.2. The molecule has 0 amide bonds. The van der Waals surface area contributed by atoms with E-state index in [1.54, 1.807) is 6.33 Å². The van der Waals surface area contributed by atoms with E-state index in [9.17, 15) is 21.6 Å². The molecule has 1 unspecified atom stereocenters. The lowest BCUT2D eigenvalue weighted by molar-refractivity contribution is -0.139. The molecule has 27 heavy (non-hydrogen) atoms. The van der Waals surface area contributed by atoms with E-state index in [4.69, 9.17) is 0 Å². The SMILES string of the molecule is O=S(=O)(c1ccccc1C(F)(F)F)N1CCC(n2cnc3ccccc32)C1. The zero-order chi connectivity index (χ0) is 19.2. The minimum absolute atomic E-state index is 0.106. The Kier molecular flexibility index (Phi) is 4.23. The Morgan fingerprint density at radius 3 is 2.52 bits per heavy atom. The van der Waals surface area contributed by atoms with Gasteiger partial charge in [0.2, 0.25) is 10.0 Å².